The Morgan fingerprint density at radius 1 is 1.06 bits per heavy atom. The van der Waals surface area contributed by atoms with Crippen LogP contribution in [0.15, 0.2) is 42.5 Å². The van der Waals surface area contributed by atoms with Gasteiger partial charge in [-0.15, -0.1) is 0 Å². The van der Waals surface area contributed by atoms with Gasteiger partial charge in [0.25, 0.3) is 5.91 Å². The number of hydrogen-bond acceptors (Lipinski definition) is 2. The largest absolute Gasteiger partial charge is 0.359 e. The second-order valence-corrected chi connectivity index (χ2v) is 10.8. The number of para-hydroxylation sites is 1. The van der Waals surface area contributed by atoms with Crippen LogP contribution in [0.25, 0.3) is 10.9 Å². The molecule has 1 unspecified atom stereocenters. The summed E-state index contributed by atoms with van der Waals surface area (Å²) in [4.78, 5) is 17.7. The van der Waals surface area contributed by atoms with Crippen molar-refractivity contribution in [3.63, 3.8) is 0 Å². The highest BCUT2D eigenvalue weighted by molar-refractivity contribution is 7.80. The highest BCUT2D eigenvalue weighted by Crippen LogP contribution is 2.42. The molecule has 2 aliphatic heterocycles. The van der Waals surface area contributed by atoms with Gasteiger partial charge in [-0.3, -0.25) is 4.79 Å². The first kappa shape index (κ1) is 20.3. The Morgan fingerprint density at radius 2 is 1.81 bits per heavy atom. The lowest BCUT2D eigenvalue weighted by molar-refractivity contribution is 0.0590. The molecule has 3 atom stereocenters. The number of piperidine rings is 1. The SMILES string of the molecule is Cn1c(C(=O)N2CCC3(CC2)CCN(C(=S)NC2C[C@H]4C=C[C@@H]2C4)C3)cc2ccccc21. The van der Waals surface area contributed by atoms with E-state index in [1.807, 2.05) is 29.8 Å². The molecular weight excluding hydrogens is 416 g/mol. The number of hydrogen-bond donors (Lipinski definition) is 1. The number of benzene rings is 1. The van der Waals surface area contributed by atoms with E-state index in [9.17, 15) is 4.79 Å². The van der Waals surface area contributed by atoms with E-state index in [1.54, 1.807) is 0 Å². The van der Waals surface area contributed by atoms with Gasteiger partial charge >= 0.3 is 0 Å². The van der Waals surface area contributed by atoms with Gasteiger partial charge in [0.15, 0.2) is 5.11 Å². The standard InChI is InChI=1S/C26H32N4OS/c1-28-22-5-3-2-4-20(22)16-23(28)24(31)29-11-8-26(9-12-29)10-13-30(17-26)25(32)27-21-15-18-6-7-19(21)14-18/h2-7,16,18-19,21H,8-15,17H2,1H3,(H,27,32)/t18-,19+,21?/m0/s1. The van der Waals surface area contributed by atoms with E-state index in [4.69, 9.17) is 12.2 Å². The number of rotatable bonds is 2. The van der Waals surface area contributed by atoms with Crippen molar-refractivity contribution < 1.29 is 4.79 Å². The second-order valence-electron chi connectivity index (χ2n) is 10.4. The molecule has 3 heterocycles. The summed E-state index contributed by atoms with van der Waals surface area (Å²) in [7, 11) is 2.00. The first-order valence-electron chi connectivity index (χ1n) is 12.1. The molecule has 168 valence electrons. The lowest BCUT2D eigenvalue weighted by Gasteiger charge is -2.39. The van der Waals surface area contributed by atoms with Crippen LogP contribution in [-0.2, 0) is 7.05 Å². The molecule has 1 spiro atoms. The Bertz CT molecular complexity index is 1100. The van der Waals surface area contributed by atoms with E-state index in [2.05, 4.69) is 39.4 Å². The molecule has 5 nitrogen and oxygen atoms in total. The maximum Gasteiger partial charge on any atom is 0.270 e. The first-order chi connectivity index (χ1) is 15.5. The van der Waals surface area contributed by atoms with E-state index < -0.39 is 0 Å². The van der Waals surface area contributed by atoms with Crippen molar-refractivity contribution >= 4 is 34.1 Å². The quantitative estimate of drug-likeness (QED) is 0.558. The lowest BCUT2D eigenvalue weighted by atomic mass is 9.77. The number of aryl methyl sites for hydroxylation is 1. The summed E-state index contributed by atoms with van der Waals surface area (Å²) in [6, 6.07) is 10.8. The molecular formula is C26H32N4OS. The van der Waals surface area contributed by atoms with Crippen LogP contribution >= 0.6 is 12.2 Å². The Kier molecular flexibility index (Phi) is 4.83. The zero-order chi connectivity index (χ0) is 21.9. The summed E-state index contributed by atoms with van der Waals surface area (Å²) < 4.78 is 2.04. The van der Waals surface area contributed by atoms with Crippen LogP contribution in [0.2, 0.25) is 0 Å². The van der Waals surface area contributed by atoms with Crippen LogP contribution < -0.4 is 5.32 Å². The lowest BCUT2D eigenvalue weighted by Crippen LogP contribution is -2.48. The number of carbonyl (C=O) groups is 1. The van der Waals surface area contributed by atoms with E-state index in [-0.39, 0.29) is 5.91 Å². The number of likely N-dealkylation sites (tertiary alicyclic amines) is 2. The van der Waals surface area contributed by atoms with Gasteiger partial charge in [-0.25, -0.2) is 0 Å². The molecule has 1 saturated carbocycles. The fourth-order valence-corrected chi connectivity index (χ4v) is 6.86. The summed E-state index contributed by atoms with van der Waals surface area (Å²) in [5.74, 6) is 1.58. The third kappa shape index (κ3) is 3.35. The van der Waals surface area contributed by atoms with Gasteiger partial charge in [0.1, 0.15) is 5.69 Å². The Labute approximate surface area is 195 Å². The minimum absolute atomic E-state index is 0.162. The van der Waals surface area contributed by atoms with E-state index in [0.29, 0.717) is 17.4 Å². The molecule has 3 fully saturated rings. The van der Waals surface area contributed by atoms with Crippen molar-refractivity contribution in [3.8, 4) is 0 Å². The van der Waals surface area contributed by atoms with Crippen molar-refractivity contribution in [1.29, 1.82) is 0 Å². The number of nitrogens with zero attached hydrogens (tertiary/aromatic N) is 3. The number of aromatic nitrogens is 1. The predicted molar refractivity (Wildman–Crippen MR) is 132 cm³/mol. The number of thiocarbonyl (C=S) groups is 1. The molecule has 2 aliphatic carbocycles. The van der Waals surface area contributed by atoms with E-state index in [0.717, 1.165) is 66.6 Å². The molecule has 1 aromatic carbocycles. The molecule has 0 radical (unpaired) electrons. The van der Waals surface area contributed by atoms with Crippen LogP contribution in [0.3, 0.4) is 0 Å². The minimum atomic E-state index is 0.162. The predicted octanol–water partition coefficient (Wildman–Crippen LogP) is 3.95. The fourth-order valence-electron chi connectivity index (χ4n) is 6.55. The number of allylic oxidation sites excluding steroid dienone is 1. The maximum atomic E-state index is 13.3. The van der Waals surface area contributed by atoms with Gasteiger partial charge in [-0.2, -0.15) is 0 Å². The zero-order valence-corrected chi connectivity index (χ0v) is 19.6. The van der Waals surface area contributed by atoms with Gasteiger partial charge < -0.3 is 19.7 Å². The maximum absolute atomic E-state index is 13.3. The Balaban J connectivity index is 1.07. The monoisotopic (exact) mass is 448 g/mol. The van der Waals surface area contributed by atoms with Gasteiger partial charge in [0.05, 0.1) is 0 Å². The molecule has 2 aromatic rings. The van der Waals surface area contributed by atoms with Crippen LogP contribution in [0, 0.1) is 17.3 Å². The third-order valence-corrected chi connectivity index (χ3v) is 8.97. The number of nitrogens with one attached hydrogen (secondary N) is 1. The summed E-state index contributed by atoms with van der Waals surface area (Å²) in [6.07, 6.45) is 10.6. The average molecular weight is 449 g/mol. The van der Waals surface area contributed by atoms with Crippen LogP contribution in [0.1, 0.15) is 42.6 Å². The Hall–Kier alpha value is -2.34. The molecule has 4 aliphatic rings. The average Bonchev–Trinajstić information content (AvgIpc) is 3.58. The summed E-state index contributed by atoms with van der Waals surface area (Å²) in [6.45, 7) is 3.75. The van der Waals surface area contributed by atoms with Gasteiger partial charge in [-0.1, -0.05) is 30.4 Å². The summed E-state index contributed by atoms with van der Waals surface area (Å²) in [5, 5.41) is 5.76. The van der Waals surface area contributed by atoms with Crippen molar-refractivity contribution in [2.24, 2.45) is 24.3 Å². The highest BCUT2D eigenvalue weighted by Gasteiger charge is 2.43. The molecule has 1 N–H and O–H groups in total. The molecule has 2 bridgehead atoms. The third-order valence-electron chi connectivity index (χ3n) is 8.60. The van der Waals surface area contributed by atoms with Gasteiger partial charge in [-0.05, 0) is 73.7 Å². The molecule has 32 heavy (non-hydrogen) atoms. The number of fused-ring (bicyclic) bond motifs is 3. The van der Waals surface area contributed by atoms with Crippen molar-refractivity contribution in [2.75, 3.05) is 26.2 Å². The van der Waals surface area contributed by atoms with Crippen LogP contribution in [0.5, 0.6) is 0 Å². The Morgan fingerprint density at radius 3 is 2.50 bits per heavy atom. The van der Waals surface area contributed by atoms with Gasteiger partial charge in [0.2, 0.25) is 0 Å². The first-order valence-corrected chi connectivity index (χ1v) is 12.5. The minimum Gasteiger partial charge on any atom is -0.359 e. The van der Waals surface area contributed by atoms with E-state index >= 15 is 0 Å². The molecule has 2 saturated heterocycles. The number of amides is 1. The number of carbonyl (C=O) groups excluding carboxylic acids is 1. The molecule has 6 heteroatoms. The zero-order valence-electron chi connectivity index (χ0n) is 18.8. The fraction of sp³-hybridized carbons (Fsp3) is 0.538. The molecule has 1 aromatic heterocycles. The normalized spacial score (nSPS) is 28.2. The van der Waals surface area contributed by atoms with Crippen molar-refractivity contribution in [3.05, 3.63) is 48.2 Å². The second kappa shape index (κ2) is 7.62. The van der Waals surface area contributed by atoms with Crippen LogP contribution in [-0.4, -0.2) is 57.6 Å². The van der Waals surface area contributed by atoms with Gasteiger partial charge in [0, 0.05) is 50.2 Å². The van der Waals surface area contributed by atoms with Crippen molar-refractivity contribution in [1.82, 2.24) is 19.7 Å². The van der Waals surface area contributed by atoms with E-state index in [1.165, 1.54) is 19.3 Å². The summed E-state index contributed by atoms with van der Waals surface area (Å²) in [5.41, 5.74) is 2.21. The van der Waals surface area contributed by atoms with Crippen molar-refractivity contribution in [2.45, 2.75) is 38.1 Å². The van der Waals surface area contributed by atoms with Crippen LogP contribution in [0.4, 0.5) is 0 Å². The molecule has 1 amide bonds. The topological polar surface area (TPSA) is 40.5 Å². The highest BCUT2D eigenvalue weighted by atomic mass is 32.1. The molecule has 6 rings (SSSR count). The summed E-state index contributed by atoms with van der Waals surface area (Å²) >= 11 is 5.82. The smallest absolute Gasteiger partial charge is 0.270 e.